The van der Waals surface area contributed by atoms with Crippen molar-refractivity contribution >= 4 is 5.91 Å². The summed E-state index contributed by atoms with van der Waals surface area (Å²) in [6.07, 6.45) is 3.78. The molecule has 7 nitrogen and oxygen atoms in total. The van der Waals surface area contributed by atoms with Gasteiger partial charge in [-0.1, -0.05) is 12.1 Å². The number of rotatable bonds is 6. The molecule has 1 unspecified atom stereocenters. The maximum absolute atomic E-state index is 12.3. The lowest BCUT2D eigenvalue weighted by molar-refractivity contribution is -0.132. The summed E-state index contributed by atoms with van der Waals surface area (Å²) in [7, 11) is 2.07. The number of hydrogen-bond donors (Lipinski definition) is 1. The molecule has 2 aromatic rings. The lowest BCUT2D eigenvalue weighted by Gasteiger charge is -2.29. The molecule has 0 saturated carbocycles. The van der Waals surface area contributed by atoms with Crippen LogP contribution in [0.4, 0.5) is 0 Å². The molecule has 1 aliphatic rings. The third kappa shape index (κ3) is 4.43. The highest BCUT2D eigenvalue weighted by molar-refractivity contribution is 5.76. The van der Waals surface area contributed by atoms with Crippen LogP contribution in [0.5, 0.6) is 0 Å². The summed E-state index contributed by atoms with van der Waals surface area (Å²) >= 11 is 0. The smallest absolute Gasteiger partial charge is 0.223 e. The first-order valence-electron chi connectivity index (χ1n) is 8.79. The van der Waals surface area contributed by atoms with Crippen molar-refractivity contribution in [3.63, 3.8) is 0 Å². The predicted octanol–water partition coefficient (Wildman–Crippen LogP) is 1.08. The minimum atomic E-state index is 0.251. The molecule has 25 heavy (non-hydrogen) atoms. The van der Waals surface area contributed by atoms with E-state index in [0.29, 0.717) is 6.42 Å². The van der Waals surface area contributed by atoms with Crippen LogP contribution in [-0.4, -0.2) is 70.2 Å². The second kappa shape index (κ2) is 8.22. The Balaban J connectivity index is 1.53. The molecule has 1 aromatic carbocycles. The van der Waals surface area contributed by atoms with Crippen LogP contribution >= 0.6 is 0 Å². The Morgan fingerprint density at radius 2 is 2.00 bits per heavy atom. The number of amides is 1. The van der Waals surface area contributed by atoms with E-state index in [1.54, 1.807) is 11.0 Å². The molecular formula is C18H26N6O. The second-order valence-corrected chi connectivity index (χ2v) is 6.47. The zero-order valence-corrected chi connectivity index (χ0v) is 14.9. The highest BCUT2D eigenvalue weighted by atomic mass is 16.2. The van der Waals surface area contributed by atoms with Gasteiger partial charge in [0.2, 0.25) is 5.91 Å². The average Bonchev–Trinajstić information content (AvgIpc) is 3.21. The zero-order chi connectivity index (χ0) is 17.6. The number of hydrogen-bond acceptors (Lipinski definition) is 5. The third-order valence-corrected chi connectivity index (χ3v) is 4.87. The first-order chi connectivity index (χ1) is 12.1. The molecule has 1 aliphatic heterocycles. The van der Waals surface area contributed by atoms with Crippen LogP contribution < -0.4 is 5.32 Å². The number of aromatic nitrogens is 3. The van der Waals surface area contributed by atoms with E-state index in [-0.39, 0.29) is 11.9 Å². The van der Waals surface area contributed by atoms with Gasteiger partial charge in [0.1, 0.15) is 12.7 Å². The predicted molar refractivity (Wildman–Crippen MR) is 96.5 cm³/mol. The number of nitrogens with one attached hydrogen (secondary N) is 1. The Morgan fingerprint density at radius 3 is 2.64 bits per heavy atom. The van der Waals surface area contributed by atoms with E-state index in [4.69, 9.17) is 0 Å². The monoisotopic (exact) mass is 342 g/mol. The minimum Gasteiger partial charge on any atom is -0.340 e. The molecule has 2 heterocycles. The van der Waals surface area contributed by atoms with Crippen molar-refractivity contribution < 1.29 is 4.79 Å². The van der Waals surface area contributed by atoms with Crippen molar-refractivity contribution in [2.24, 2.45) is 0 Å². The molecule has 0 radical (unpaired) electrons. The normalized spacial score (nSPS) is 16.2. The first kappa shape index (κ1) is 17.6. The molecule has 3 rings (SSSR count). The third-order valence-electron chi connectivity index (χ3n) is 4.87. The van der Waals surface area contributed by atoms with E-state index < -0.39 is 0 Å². The summed E-state index contributed by atoms with van der Waals surface area (Å²) in [5, 5.41) is 7.41. The quantitative estimate of drug-likeness (QED) is 0.851. The lowest BCUT2D eigenvalue weighted by Crippen LogP contribution is -2.47. The van der Waals surface area contributed by atoms with Crippen molar-refractivity contribution in [2.75, 3.05) is 39.8 Å². The molecular weight excluding hydrogens is 316 g/mol. The molecule has 1 N–H and O–H groups in total. The van der Waals surface area contributed by atoms with Crippen LogP contribution in [0.2, 0.25) is 0 Å². The van der Waals surface area contributed by atoms with Gasteiger partial charge in [-0.3, -0.25) is 9.69 Å². The summed E-state index contributed by atoms with van der Waals surface area (Å²) < 4.78 is 1.74. The summed E-state index contributed by atoms with van der Waals surface area (Å²) in [5.41, 5.74) is 2.21. The highest BCUT2D eigenvalue weighted by Gasteiger charge is 2.18. The fourth-order valence-electron chi connectivity index (χ4n) is 3.04. The van der Waals surface area contributed by atoms with Crippen LogP contribution in [0.3, 0.4) is 0 Å². The Hall–Kier alpha value is -2.25. The summed E-state index contributed by atoms with van der Waals surface area (Å²) in [6, 6.07) is 8.55. The lowest BCUT2D eigenvalue weighted by atomic mass is 10.1. The van der Waals surface area contributed by atoms with Crippen LogP contribution in [0.1, 0.15) is 24.9 Å². The Labute approximate surface area is 148 Å². The number of carbonyl (C=O) groups excluding carboxylic acids is 1. The molecule has 1 amide bonds. The minimum absolute atomic E-state index is 0.251. The number of carbonyl (C=O) groups is 1. The topological polar surface area (TPSA) is 66.3 Å². The largest absolute Gasteiger partial charge is 0.340 e. The van der Waals surface area contributed by atoms with Gasteiger partial charge < -0.3 is 10.2 Å². The van der Waals surface area contributed by atoms with E-state index in [0.717, 1.165) is 38.4 Å². The van der Waals surface area contributed by atoms with Crippen LogP contribution in [0, 0.1) is 0 Å². The van der Waals surface area contributed by atoms with Gasteiger partial charge >= 0.3 is 0 Å². The number of piperazine rings is 1. The van der Waals surface area contributed by atoms with Gasteiger partial charge in [0.15, 0.2) is 0 Å². The molecule has 0 aliphatic carbocycles. The van der Waals surface area contributed by atoms with Crippen molar-refractivity contribution in [3.05, 3.63) is 42.5 Å². The van der Waals surface area contributed by atoms with E-state index in [2.05, 4.69) is 46.4 Å². The highest BCUT2D eigenvalue weighted by Crippen LogP contribution is 2.20. The van der Waals surface area contributed by atoms with Crippen LogP contribution in [0.25, 0.3) is 5.69 Å². The molecule has 1 fully saturated rings. The SMILES string of the molecule is CC(c1ccc(-n2cncn2)cc1)N(C)CCC(=O)N1CCNCC1. The zero-order valence-electron chi connectivity index (χ0n) is 14.9. The Kier molecular flexibility index (Phi) is 5.78. The van der Waals surface area contributed by atoms with Gasteiger partial charge in [-0.2, -0.15) is 5.10 Å². The van der Waals surface area contributed by atoms with Crippen molar-refractivity contribution in [1.82, 2.24) is 29.9 Å². The first-order valence-corrected chi connectivity index (χ1v) is 8.79. The molecule has 0 spiro atoms. The summed E-state index contributed by atoms with van der Waals surface area (Å²) in [5.74, 6) is 0.252. The van der Waals surface area contributed by atoms with Gasteiger partial charge in [-0.05, 0) is 31.7 Å². The fraction of sp³-hybridized carbons (Fsp3) is 0.500. The maximum atomic E-state index is 12.3. The number of nitrogens with zero attached hydrogens (tertiary/aromatic N) is 5. The van der Waals surface area contributed by atoms with Gasteiger partial charge in [-0.15, -0.1) is 0 Å². The van der Waals surface area contributed by atoms with Gasteiger partial charge in [0.25, 0.3) is 0 Å². The van der Waals surface area contributed by atoms with E-state index >= 15 is 0 Å². The maximum Gasteiger partial charge on any atom is 0.223 e. The molecule has 1 saturated heterocycles. The van der Waals surface area contributed by atoms with Gasteiger partial charge in [-0.25, -0.2) is 9.67 Å². The van der Waals surface area contributed by atoms with E-state index in [9.17, 15) is 4.79 Å². The van der Waals surface area contributed by atoms with Crippen molar-refractivity contribution in [1.29, 1.82) is 0 Å². The van der Waals surface area contributed by atoms with Gasteiger partial charge in [0.05, 0.1) is 5.69 Å². The Morgan fingerprint density at radius 1 is 1.28 bits per heavy atom. The van der Waals surface area contributed by atoms with E-state index in [1.165, 1.54) is 11.9 Å². The Bertz CT molecular complexity index is 663. The van der Waals surface area contributed by atoms with Crippen molar-refractivity contribution in [3.8, 4) is 5.69 Å². The molecule has 134 valence electrons. The summed E-state index contributed by atoms with van der Waals surface area (Å²) in [4.78, 5) is 20.4. The second-order valence-electron chi connectivity index (χ2n) is 6.47. The fourth-order valence-corrected chi connectivity index (χ4v) is 3.04. The van der Waals surface area contributed by atoms with Crippen molar-refractivity contribution in [2.45, 2.75) is 19.4 Å². The molecule has 1 atom stereocenters. The number of benzene rings is 1. The molecule has 0 bridgehead atoms. The van der Waals surface area contributed by atoms with Crippen LogP contribution in [0.15, 0.2) is 36.9 Å². The van der Waals surface area contributed by atoms with E-state index in [1.807, 2.05) is 17.0 Å². The molecule has 1 aromatic heterocycles. The molecule has 7 heteroatoms. The standard InChI is InChI=1S/C18H26N6O/c1-15(16-3-5-17(6-4-16)24-14-20-13-21-24)22(2)10-7-18(25)23-11-8-19-9-12-23/h3-6,13-15,19H,7-12H2,1-2H3. The van der Waals surface area contributed by atoms with Gasteiger partial charge in [0, 0.05) is 45.2 Å². The van der Waals surface area contributed by atoms with Crippen LogP contribution in [-0.2, 0) is 4.79 Å². The summed E-state index contributed by atoms with van der Waals surface area (Å²) in [6.45, 7) is 6.37. The average molecular weight is 342 g/mol.